The lowest BCUT2D eigenvalue weighted by atomic mass is 10.2. The van der Waals surface area contributed by atoms with Crippen molar-refractivity contribution < 1.29 is 4.79 Å². The van der Waals surface area contributed by atoms with Crippen LogP contribution in [0.1, 0.15) is 28.7 Å². The van der Waals surface area contributed by atoms with Gasteiger partial charge in [-0.3, -0.25) is 9.59 Å². The van der Waals surface area contributed by atoms with Crippen LogP contribution in [0.15, 0.2) is 23.5 Å². The second kappa shape index (κ2) is 4.58. The summed E-state index contributed by atoms with van der Waals surface area (Å²) in [6.45, 7) is 3.77. The van der Waals surface area contributed by atoms with E-state index in [9.17, 15) is 9.59 Å². The van der Waals surface area contributed by atoms with Crippen LogP contribution in [0, 0.1) is 6.92 Å². The Morgan fingerprint density at radius 3 is 2.86 bits per heavy atom. The molecule has 3 heterocycles. The molecule has 8 heteroatoms. The molecule has 3 N–H and O–H groups in total. The van der Waals surface area contributed by atoms with Gasteiger partial charge in [-0.25, -0.2) is 4.98 Å². The number of aryl methyl sites for hydroxylation is 1. The van der Waals surface area contributed by atoms with Crippen molar-refractivity contribution >= 4 is 11.6 Å². The van der Waals surface area contributed by atoms with E-state index in [2.05, 4.69) is 15.1 Å². The first kappa shape index (κ1) is 13.1. The zero-order valence-corrected chi connectivity index (χ0v) is 11.6. The maximum absolute atomic E-state index is 12.3. The Balaban J connectivity index is 2.25. The molecule has 108 valence electrons. The maximum atomic E-state index is 12.3. The van der Waals surface area contributed by atoms with Gasteiger partial charge in [0.25, 0.3) is 11.5 Å². The van der Waals surface area contributed by atoms with Crippen molar-refractivity contribution in [2.75, 3.05) is 0 Å². The van der Waals surface area contributed by atoms with Gasteiger partial charge in [-0.05, 0) is 13.3 Å². The number of nitrogens with two attached hydrogens (primary N) is 1. The summed E-state index contributed by atoms with van der Waals surface area (Å²) in [6, 6.07) is 0. The van der Waals surface area contributed by atoms with Gasteiger partial charge in [-0.15, -0.1) is 0 Å². The number of imidazole rings is 1. The van der Waals surface area contributed by atoms with Gasteiger partial charge in [-0.1, -0.05) is 6.92 Å². The number of aromatic nitrogens is 5. The normalized spacial score (nSPS) is 11.1. The van der Waals surface area contributed by atoms with Crippen molar-refractivity contribution in [1.29, 1.82) is 0 Å². The van der Waals surface area contributed by atoms with Gasteiger partial charge in [0.05, 0.1) is 6.20 Å². The smallest absolute Gasteiger partial charge is 0.277 e. The Morgan fingerprint density at radius 2 is 2.24 bits per heavy atom. The molecule has 0 saturated heterocycles. The molecule has 0 saturated carbocycles. The number of aromatic amines is 1. The summed E-state index contributed by atoms with van der Waals surface area (Å²) in [5, 5.41) is 4.11. The van der Waals surface area contributed by atoms with Crippen molar-refractivity contribution in [3.05, 3.63) is 46.0 Å². The zero-order valence-electron chi connectivity index (χ0n) is 11.6. The second-order valence-electron chi connectivity index (χ2n) is 4.71. The lowest BCUT2D eigenvalue weighted by Crippen LogP contribution is -2.21. The molecule has 8 nitrogen and oxygen atoms in total. The third-order valence-corrected chi connectivity index (χ3v) is 3.43. The van der Waals surface area contributed by atoms with Crippen LogP contribution in [-0.4, -0.2) is 30.1 Å². The molecule has 0 aliphatic rings. The lowest BCUT2D eigenvalue weighted by Gasteiger charge is -2.05. The third-order valence-electron chi connectivity index (χ3n) is 3.43. The molecule has 0 aliphatic heterocycles. The van der Waals surface area contributed by atoms with Gasteiger partial charge in [0.2, 0.25) is 0 Å². The highest BCUT2D eigenvalue weighted by molar-refractivity contribution is 5.90. The summed E-state index contributed by atoms with van der Waals surface area (Å²) in [5.41, 5.74) is 7.85. The number of hydrogen-bond acceptors (Lipinski definition) is 4. The monoisotopic (exact) mass is 286 g/mol. The van der Waals surface area contributed by atoms with Crippen LogP contribution in [0.25, 0.3) is 11.3 Å². The Kier molecular flexibility index (Phi) is 2.86. The summed E-state index contributed by atoms with van der Waals surface area (Å²) in [7, 11) is 0. The predicted molar refractivity (Wildman–Crippen MR) is 75.6 cm³/mol. The molecule has 0 radical (unpaired) electrons. The van der Waals surface area contributed by atoms with Crippen LogP contribution in [-0.2, 0) is 6.42 Å². The van der Waals surface area contributed by atoms with Gasteiger partial charge in [0, 0.05) is 17.5 Å². The first-order valence-electron chi connectivity index (χ1n) is 6.46. The van der Waals surface area contributed by atoms with Crippen LogP contribution in [0.5, 0.6) is 0 Å². The van der Waals surface area contributed by atoms with E-state index in [1.165, 1.54) is 17.0 Å². The number of primary amides is 1. The molecule has 0 aromatic carbocycles. The first-order valence-corrected chi connectivity index (χ1v) is 6.46. The molecule has 3 aromatic rings. The molecule has 0 unspecified atom stereocenters. The summed E-state index contributed by atoms with van der Waals surface area (Å²) in [5.74, 6) is -0.608. The highest BCUT2D eigenvalue weighted by atomic mass is 16.1. The Labute approximate surface area is 119 Å². The number of nitrogens with one attached hydrogen (secondary N) is 1. The lowest BCUT2D eigenvalue weighted by molar-refractivity contribution is 0.0996. The van der Waals surface area contributed by atoms with E-state index < -0.39 is 5.91 Å². The van der Waals surface area contributed by atoms with Crippen molar-refractivity contribution in [2.24, 2.45) is 5.73 Å². The van der Waals surface area contributed by atoms with E-state index >= 15 is 0 Å². The van der Waals surface area contributed by atoms with E-state index in [0.717, 1.165) is 5.69 Å². The van der Waals surface area contributed by atoms with E-state index in [-0.39, 0.29) is 11.3 Å². The fourth-order valence-corrected chi connectivity index (χ4v) is 2.34. The minimum Gasteiger partial charge on any atom is -0.364 e. The van der Waals surface area contributed by atoms with E-state index in [4.69, 9.17) is 5.73 Å². The third kappa shape index (κ3) is 1.92. The molecular formula is C13H14N6O2. The SMILES string of the molecule is CCc1c(C)[nH]c2c(-n3cnc(C(N)=O)c3)cnn2c1=O. The quantitative estimate of drug-likeness (QED) is 0.715. The number of fused-ring (bicyclic) bond motifs is 1. The number of carbonyl (C=O) groups is 1. The fraction of sp³-hybridized carbons (Fsp3) is 0.231. The highest BCUT2D eigenvalue weighted by Gasteiger charge is 2.14. The molecule has 0 atom stereocenters. The highest BCUT2D eigenvalue weighted by Crippen LogP contribution is 2.14. The number of rotatable bonds is 3. The van der Waals surface area contributed by atoms with Gasteiger partial charge >= 0.3 is 0 Å². The number of nitrogens with zero attached hydrogens (tertiary/aromatic N) is 4. The van der Waals surface area contributed by atoms with Gasteiger partial charge in [0.1, 0.15) is 17.7 Å². The average Bonchev–Trinajstić information content (AvgIpc) is 3.04. The Hall–Kier alpha value is -2.90. The molecule has 3 rings (SSSR count). The minimum atomic E-state index is -0.608. The van der Waals surface area contributed by atoms with Gasteiger partial charge in [0.15, 0.2) is 5.65 Å². The Bertz CT molecular complexity index is 901. The largest absolute Gasteiger partial charge is 0.364 e. The van der Waals surface area contributed by atoms with Crippen molar-refractivity contribution in [3.63, 3.8) is 0 Å². The molecule has 1 amide bonds. The average molecular weight is 286 g/mol. The second-order valence-corrected chi connectivity index (χ2v) is 4.71. The summed E-state index contributed by atoms with van der Waals surface area (Å²) in [4.78, 5) is 30.5. The van der Waals surface area contributed by atoms with E-state index in [0.29, 0.717) is 23.3 Å². The first-order chi connectivity index (χ1) is 10.0. The topological polar surface area (TPSA) is 111 Å². The molecule has 0 bridgehead atoms. The van der Waals surface area contributed by atoms with Crippen molar-refractivity contribution in [3.8, 4) is 5.69 Å². The number of carbonyl (C=O) groups excluding carboxylic acids is 1. The molecule has 0 spiro atoms. The molecular weight excluding hydrogens is 272 g/mol. The standard InChI is InChI=1S/C13H14N6O2/c1-3-8-7(2)17-12-10(4-16-19(12)13(8)21)18-5-9(11(14)20)15-6-18/h4-6,17H,3H2,1-2H3,(H2,14,20). The molecule has 3 aromatic heterocycles. The maximum Gasteiger partial charge on any atom is 0.277 e. The zero-order chi connectivity index (χ0) is 15.1. The van der Waals surface area contributed by atoms with Crippen molar-refractivity contribution in [2.45, 2.75) is 20.3 Å². The number of H-pyrrole nitrogens is 1. The van der Waals surface area contributed by atoms with Gasteiger partial charge in [-0.2, -0.15) is 9.61 Å². The predicted octanol–water partition coefficient (Wildman–Crippen LogP) is 0.178. The van der Waals surface area contributed by atoms with Crippen LogP contribution in [0.4, 0.5) is 0 Å². The van der Waals surface area contributed by atoms with Gasteiger partial charge < -0.3 is 15.3 Å². The van der Waals surface area contributed by atoms with Crippen LogP contribution in [0.2, 0.25) is 0 Å². The molecule has 0 fully saturated rings. The van der Waals surface area contributed by atoms with Crippen LogP contribution >= 0.6 is 0 Å². The van der Waals surface area contributed by atoms with E-state index in [1.54, 1.807) is 10.8 Å². The summed E-state index contributed by atoms with van der Waals surface area (Å²) >= 11 is 0. The number of amides is 1. The van der Waals surface area contributed by atoms with E-state index in [1.807, 2.05) is 13.8 Å². The summed E-state index contributed by atoms with van der Waals surface area (Å²) < 4.78 is 2.91. The number of hydrogen-bond donors (Lipinski definition) is 2. The minimum absolute atomic E-state index is 0.148. The van der Waals surface area contributed by atoms with Crippen molar-refractivity contribution in [1.82, 2.24) is 24.1 Å². The Morgan fingerprint density at radius 1 is 1.48 bits per heavy atom. The molecule has 0 aliphatic carbocycles. The summed E-state index contributed by atoms with van der Waals surface area (Å²) in [6.07, 6.45) is 5.13. The fourth-order valence-electron chi connectivity index (χ4n) is 2.34. The van der Waals surface area contributed by atoms with Crippen LogP contribution < -0.4 is 11.3 Å². The molecule has 21 heavy (non-hydrogen) atoms. The van der Waals surface area contributed by atoms with Crippen LogP contribution in [0.3, 0.4) is 0 Å².